The molecule has 0 radical (unpaired) electrons. The molecule has 0 N–H and O–H groups in total. The summed E-state index contributed by atoms with van der Waals surface area (Å²) in [7, 11) is 0. The van der Waals surface area contributed by atoms with E-state index in [2.05, 4.69) is 200 Å². The van der Waals surface area contributed by atoms with Crippen LogP contribution in [0.3, 0.4) is 0 Å². The third-order valence-electron chi connectivity index (χ3n) is 17.0. The van der Waals surface area contributed by atoms with Crippen LogP contribution in [0.25, 0.3) is 11.1 Å². The lowest BCUT2D eigenvalue weighted by molar-refractivity contribution is 0.195. The first-order chi connectivity index (χ1) is 29.3. The molecule has 0 saturated heterocycles. The van der Waals surface area contributed by atoms with Crippen LogP contribution in [-0.4, -0.2) is 12.3 Å². The Labute approximate surface area is 355 Å². The summed E-state index contributed by atoms with van der Waals surface area (Å²) in [5.41, 5.74) is 21.6. The molecule has 0 amide bonds. The highest BCUT2D eigenvalue weighted by Gasteiger charge is 2.63. The molecule has 13 rings (SSSR count). The van der Waals surface area contributed by atoms with Crippen LogP contribution in [0, 0.1) is 0 Å². The van der Waals surface area contributed by atoms with E-state index in [9.17, 15) is 0 Å². The van der Waals surface area contributed by atoms with E-state index in [0.717, 1.165) is 19.3 Å². The van der Waals surface area contributed by atoms with Gasteiger partial charge in [-0.1, -0.05) is 142 Å². The Kier molecular flexibility index (Phi) is 6.88. The van der Waals surface area contributed by atoms with E-state index in [0.29, 0.717) is 0 Å². The standard InChI is InChI=1S/C56H50BN3/c1-53-30-17-18-31-55(53,3)60-50-36-41(59-47-27-15-13-25-43(47)54(2)32-29-38-21-11-12-24-42(38)56(54,59)4)35-49-51(50)57(45-26-14-16-28-48(45)58(49)40-22-9-6-10-23-40)46-34-39(33-44(53)52(46)60)37-19-7-5-8-20-37/h5-16,19-28,33-36H,17-18,29-32H2,1-4H3. The van der Waals surface area contributed by atoms with Gasteiger partial charge in [-0.3, -0.25) is 0 Å². The number of nitrogens with zero attached hydrogens (tertiary/aromatic N) is 3. The van der Waals surface area contributed by atoms with Gasteiger partial charge in [0, 0.05) is 50.6 Å². The molecule has 7 aromatic rings. The zero-order valence-electron chi connectivity index (χ0n) is 35.2. The van der Waals surface area contributed by atoms with E-state index in [-0.39, 0.29) is 28.6 Å². The summed E-state index contributed by atoms with van der Waals surface area (Å²) in [4.78, 5) is 8.28. The number of hydrogen-bond donors (Lipinski definition) is 0. The highest BCUT2D eigenvalue weighted by atomic mass is 15.3. The predicted molar refractivity (Wildman–Crippen MR) is 252 cm³/mol. The Morgan fingerprint density at radius 1 is 0.467 bits per heavy atom. The average Bonchev–Trinajstić information content (AvgIpc) is 3.64. The molecule has 7 aromatic carbocycles. The molecule has 1 saturated carbocycles. The number of benzene rings is 7. The molecule has 4 heteroatoms. The van der Waals surface area contributed by atoms with Crippen molar-refractivity contribution in [2.24, 2.45) is 0 Å². The lowest BCUT2D eigenvalue weighted by Crippen LogP contribution is -2.64. The summed E-state index contributed by atoms with van der Waals surface area (Å²) in [6.07, 6.45) is 7.06. The van der Waals surface area contributed by atoms with Crippen molar-refractivity contribution < 1.29 is 0 Å². The number of para-hydroxylation sites is 3. The topological polar surface area (TPSA) is 9.72 Å². The molecular weight excluding hydrogens is 725 g/mol. The summed E-state index contributed by atoms with van der Waals surface area (Å²) in [5, 5.41) is 0. The molecule has 6 aliphatic rings. The Morgan fingerprint density at radius 3 is 1.95 bits per heavy atom. The summed E-state index contributed by atoms with van der Waals surface area (Å²) >= 11 is 0. The largest absolute Gasteiger partial charge is 0.335 e. The number of aryl methyl sites for hydroxylation is 1. The van der Waals surface area contributed by atoms with Gasteiger partial charge < -0.3 is 14.7 Å². The number of rotatable bonds is 3. The van der Waals surface area contributed by atoms with Crippen molar-refractivity contribution in [2.45, 2.75) is 88.1 Å². The van der Waals surface area contributed by atoms with Crippen molar-refractivity contribution in [1.29, 1.82) is 0 Å². The van der Waals surface area contributed by atoms with Gasteiger partial charge in [0.15, 0.2) is 0 Å². The van der Waals surface area contributed by atoms with Crippen LogP contribution in [0.2, 0.25) is 0 Å². The summed E-state index contributed by atoms with van der Waals surface area (Å²) in [6.45, 7) is 10.4. The first-order valence-electron chi connectivity index (χ1n) is 22.4. The summed E-state index contributed by atoms with van der Waals surface area (Å²) in [5.74, 6) is 0. The number of hydrogen-bond acceptors (Lipinski definition) is 3. The Bertz CT molecular complexity index is 2940. The van der Waals surface area contributed by atoms with Crippen molar-refractivity contribution in [3.05, 3.63) is 180 Å². The predicted octanol–water partition coefficient (Wildman–Crippen LogP) is 12.0. The van der Waals surface area contributed by atoms with E-state index in [1.165, 1.54) is 109 Å². The van der Waals surface area contributed by atoms with Gasteiger partial charge in [-0.25, -0.2) is 0 Å². The van der Waals surface area contributed by atoms with Crippen LogP contribution in [0.4, 0.5) is 39.8 Å². The highest BCUT2D eigenvalue weighted by molar-refractivity contribution is 7.00. The van der Waals surface area contributed by atoms with E-state index < -0.39 is 0 Å². The van der Waals surface area contributed by atoms with Gasteiger partial charge in [-0.2, -0.15) is 0 Å². The summed E-state index contributed by atoms with van der Waals surface area (Å²) < 4.78 is 0. The Balaban J connectivity index is 1.17. The smallest absolute Gasteiger partial charge is 0.252 e. The van der Waals surface area contributed by atoms with E-state index in [4.69, 9.17) is 0 Å². The fourth-order valence-corrected chi connectivity index (χ4v) is 13.7. The van der Waals surface area contributed by atoms with Crippen molar-refractivity contribution in [3.63, 3.8) is 0 Å². The Morgan fingerprint density at radius 2 is 1.13 bits per heavy atom. The van der Waals surface area contributed by atoms with Crippen LogP contribution >= 0.6 is 0 Å². The SMILES string of the molecule is CC12CCCCC1(C)N1c3cc(N4c5ccccc5C5(C)CCc6ccccc6C45C)cc4c3B(c3ccccc3N4c3ccccc3)c3cc(-c4ccccc4)cc2c31. The molecule has 4 aliphatic heterocycles. The fraction of sp³-hybridized carbons (Fsp3) is 0.250. The maximum atomic E-state index is 2.90. The third kappa shape index (κ3) is 4.08. The van der Waals surface area contributed by atoms with E-state index in [1.54, 1.807) is 0 Å². The summed E-state index contributed by atoms with van der Waals surface area (Å²) in [6, 6.07) is 60.7. The monoisotopic (exact) mass is 775 g/mol. The number of anilines is 7. The normalized spacial score (nSPS) is 26.1. The van der Waals surface area contributed by atoms with Gasteiger partial charge in [0.2, 0.25) is 0 Å². The molecule has 0 spiro atoms. The second kappa shape index (κ2) is 11.8. The van der Waals surface area contributed by atoms with Crippen molar-refractivity contribution in [1.82, 2.24) is 0 Å². The zero-order chi connectivity index (χ0) is 40.2. The minimum Gasteiger partial charge on any atom is -0.335 e. The van der Waals surface area contributed by atoms with Gasteiger partial charge >= 0.3 is 0 Å². The van der Waals surface area contributed by atoms with Gasteiger partial charge in [0.1, 0.15) is 0 Å². The quantitative estimate of drug-likeness (QED) is 0.166. The molecule has 0 bridgehead atoms. The van der Waals surface area contributed by atoms with Crippen molar-refractivity contribution in [2.75, 3.05) is 14.7 Å². The van der Waals surface area contributed by atoms with E-state index in [1.807, 2.05) is 0 Å². The minimum absolute atomic E-state index is 0.0117. The molecule has 4 atom stereocenters. The zero-order valence-corrected chi connectivity index (χ0v) is 35.2. The maximum Gasteiger partial charge on any atom is 0.252 e. The van der Waals surface area contributed by atoms with Crippen LogP contribution in [0.5, 0.6) is 0 Å². The number of fused-ring (bicyclic) bond motifs is 12. The highest BCUT2D eigenvalue weighted by Crippen LogP contribution is 2.66. The third-order valence-corrected chi connectivity index (χ3v) is 17.0. The minimum atomic E-state index is -0.299. The van der Waals surface area contributed by atoms with Crippen LogP contribution < -0.4 is 31.1 Å². The molecule has 60 heavy (non-hydrogen) atoms. The molecule has 0 aromatic heterocycles. The van der Waals surface area contributed by atoms with Crippen LogP contribution in [0.15, 0.2) is 158 Å². The van der Waals surface area contributed by atoms with Crippen molar-refractivity contribution >= 4 is 62.9 Å². The molecule has 4 heterocycles. The molecule has 1 fully saturated rings. The molecular formula is C56H50BN3. The second-order valence-electron chi connectivity index (χ2n) is 19.5. The lowest BCUT2D eigenvalue weighted by atomic mass is 9.33. The lowest BCUT2D eigenvalue weighted by Gasteiger charge is -2.54. The van der Waals surface area contributed by atoms with Crippen LogP contribution in [0.1, 0.15) is 82.1 Å². The van der Waals surface area contributed by atoms with Crippen molar-refractivity contribution in [3.8, 4) is 11.1 Å². The van der Waals surface area contributed by atoms with Gasteiger partial charge in [-0.05, 0) is 132 Å². The van der Waals surface area contributed by atoms with Gasteiger partial charge in [0.05, 0.1) is 11.1 Å². The maximum absolute atomic E-state index is 2.90. The fourth-order valence-electron chi connectivity index (χ4n) is 13.7. The van der Waals surface area contributed by atoms with Gasteiger partial charge in [-0.15, -0.1) is 0 Å². The Hall–Kier alpha value is -6.00. The van der Waals surface area contributed by atoms with E-state index >= 15 is 0 Å². The molecule has 2 aliphatic carbocycles. The molecule has 292 valence electrons. The molecule has 4 unspecified atom stereocenters. The second-order valence-corrected chi connectivity index (χ2v) is 19.5. The average molecular weight is 776 g/mol. The van der Waals surface area contributed by atoms with Gasteiger partial charge in [0.25, 0.3) is 6.71 Å². The molecule has 3 nitrogen and oxygen atoms in total. The first-order valence-corrected chi connectivity index (χ1v) is 22.4. The van der Waals surface area contributed by atoms with Crippen LogP contribution in [-0.2, 0) is 22.8 Å². The first kappa shape index (κ1) is 34.8.